The van der Waals surface area contributed by atoms with Crippen LogP contribution in [0.4, 0.5) is 8.78 Å². The van der Waals surface area contributed by atoms with Gasteiger partial charge in [-0.3, -0.25) is 0 Å². The number of hydrogen-bond acceptors (Lipinski definition) is 3. The normalized spacial score (nSPS) is 10.8. The van der Waals surface area contributed by atoms with Crippen molar-refractivity contribution in [1.29, 1.82) is 0 Å². The van der Waals surface area contributed by atoms with Crippen LogP contribution >= 0.6 is 15.9 Å². The largest absolute Gasteiger partial charge is 0.494 e. The molecule has 0 radical (unpaired) electrons. The average Bonchev–Trinajstić information content (AvgIpc) is 2.73. The van der Waals surface area contributed by atoms with Gasteiger partial charge < -0.3 is 15.5 Å². The first-order chi connectivity index (χ1) is 9.06. The molecule has 0 aliphatic rings. The summed E-state index contributed by atoms with van der Waals surface area (Å²) >= 11 is 3.17. The lowest BCUT2D eigenvalue weighted by atomic mass is 10.1. The predicted octanol–water partition coefficient (Wildman–Crippen LogP) is 2.63. The van der Waals surface area contributed by atoms with Gasteiger partial charge in [-0.15, -0.1) is 0 Å². The Morgan fingerprint density at radius 1 is 1.37 bits per heavy atom. The van der Waals surface area contributed by atoms with E-state index < -0.39 is 11.6 Å². The number of rotatable bonds is 4. The number of methoxy groups -OCH3 is 1. The van der Waals surface area contributed by atoms with Gasteiger partial charge in [-0.2, -0.15) is 0 Å². The molecule has 7 heteroatoms. The molecule has 0 saturated carbocycles. The van der Waals surface area contributed by atoms with Crippen molar-refractivity contribution in [3.63, 3.8) is 0 Å². The number of halogens is 3. The molecule has 2 aromatic rings. The van der Waals surface area contributed by atoms with Crippen molar-refractivity contribution < 1.29 is 13.5 Å². The van der Waals surface area contributed by atoms with Crippen LogP contribution in [0.1, 0.15) is 5.69 Å². The van der Waals surface area contributed by atoms with E-state index in [2.05, 4.69) is 25.9 Å². The first-order valence-electron chi connectivity index (χ1n) is 5.54. The number of aromatic amines is 1. The lowest BCUT2D eigenvalue weighted by Crippen LogP contribution is -2.04. The maximum atomic E-state index is 14.0. The molecule has 4 nitrogen and oxygen atoms in total. The summed E-state index contributed by atoms with van der Waals surface area (Å²) in [6, 6.07) is 2.07. The van der Waals surface area contributed by atoms with Gasteiger partial charge in [0.25, 0.3) is 0 Å². The molecule has 0 spiro atoms. The Kier molecular flexibility index (Phi) is 4.16. The van der Waals surface area contributed by atoms with Crippen LogP contribution in [0.2, 0.25) is 0 Å². The van der Waals surface area contributed by atoms with E-state index in [0.29, 0.717) is 29.1 Å². The third-order valence-corrected chi connectivity index (χ3v) is 3.02. The van der Waals surface area contributed by atoms with Crippen molar-refractivity contribution in [2.24, 2.45) is 5.73 Å². The molecule has 2 rings (SSSR count). The molecular weight excluding hydrogens is 320 g/mol. The minimum Gasteiger partial charge on any atom is -0.494 e. The number of H-pyrrole nitrogens is 1. The Balaban J connectivity index is 2.55. The molecular formula is C12H12BrF2N3O. The van der Waals surface area contributed by atoms with E-state index in [0.717, 1.165) is 12.1 Å². The molecule has 0 bridgehead atoms. The third kappa shape index (κ3) is 2.76. The van der Waals surface area contributed by atoms with E-state index >= 15 is 0 Å². The highest BCUT2D eigenvalue weighted by atomic mass is 79.9. The van der Waals surface area contributed by atoms with Gasteiger partial charge in [0.05, 0.1) is 12.8 Å². The molecule has 1 aromatic carbocycles. The fourth-order valence-corrected chi connectivity index (χ4v) is 2.21. The Morgan fingerprint density at radius 3 is 2.74 bits per heavy atom. The highest BCUT2D eigenvalue weighted by molar-refractivity contribution is 9.10. The Morgan fingerprint density at radius 2 is 2.11 bits per heavy atom. The lowest BCUT2D eigenvalue weighted by Gasteiger charge is -2.07. The van der Waals surface area contributed by atoms with Crippen molar-refractivity contribution in [3.05, 3.63) is 34.2 Å². The fraction of sp³-hybridized carbons (Fsp3) is 0.250. The maximum Gasteiger partial charge on any atom is 0.175 e. The van der Waals surface area contributed by atoms with E-state index in [-0.39, 0.29) is 11.3 Å². The number of nitrogens with zero attached hydrogens (tertiary/aromatic N) is 1. The summed E-state index contributed by atoms with van der Waals surface area (Å²) in [5.41, 5.74) is 6.55. The predicted molar refractivity (Wildman–Crippen MR) is 71.0 cm³/mol. The van der Waals surface area contributed by atoms with Gasteiger partial charge in [-0.1, -0.05) is 0 Å². The van der Waals surface area contributed by atoms with Gasteiger partial charge in [0.2, 0.25) is 0 Å². The topological polar surface area (TPSA) is 63.9 Å². The van der Waals surface area contributed by atoms with E-state index in [4.69, 9.17) is 10.5 Å². The second-order valence-corrected chi connectivity index (χ2v) is 4.61. The van der Waals surface area contributed by atoms with Crippen LogP contribution < -0.4 is 10.5 Å². The summed E-state index contributed by atoms with van der Waals surface area (Å²) in [6.45, 7) is 0.377. The van der Waals surface area contributed by atoms with Gasteiger partial charge in [0.15, 0.2) is 16.3 Å². The number of aromatic nitrogens is 2. The molecule has 1 heterocycles. The molecule has 0 fully saturated rings. The fourth-order valence-electron chi connectivity index (χ4n) is 1.79. The van der Waals surface area contributed by atoms with Crippen LogP contribution in [0.5, 0.6) is 5.75 Å². The van der Waals surface area contributed by atoms with Crippen LogP contribution in [-0.4, -0.2) is 23.6 Å². The van der Waals surface area contributed by atoms with E-state index in [1.165, 1.54) is 7.11 Å². The van der Waals surface area contributed by atoms with Crippen molar-refractivity contribution in [2.45, 2.75) is 6.42 Å². The summed E-state index contributed by atoms with van der Waals surface area (Å²) in [5.74, 6) is -1.39. The van der Waals surface area contributed by atoms with Crippen molar-refractivity contribution in [1.82, 2.24) is 9.97 Å². The number of nitrogens with one attached hydrogen (secondary N) is 1. The molecule has 3 N–H and O–H groups in total. The summed E-state index contributed by atoms with van der Waals surface area (Å²) in [6.07, 6.45) is 0.487. The van der Waals surface area contributed by atoms with Gasteiger partial charge >= 0.3 is 0 Å². The SMILES string of the molecule is COc1cc(F)c(-c2nc(Br)[nH]c2CCN)cc1F. The Bertz CT molecular complexity index is 601. The smallest absolute Gasteiger partial charge is 0.175 e. The average molecular weight is 332 g/mol. The monoisotopic (exact) mass is 331 g/mol. The van der Waals surface area contributed by atoms with Crippen molar-refractivity contribution >= 4 is 15.9 Å². The van der Waals surface area contributed by atoms with E-state index in [1.807, 2.05) is 0 Å². The minimum atomic E-state index is -0.642. The van der Waals surface area contributed by atoms with Gasteiger partial charge in [0.1, 0.15) is 5.82 Å². The zero-order chi connectivity index (χ0) is 14.0. The number of imidazole rings is 1. The molecule has 0 atom stereocenters. The number of benzene rings is 1. The Hall–Kier alpha value is -1.47. The lowest BCUT2D eigenvalue weighted by molar-refractivity contribution is 0.383. The van der Waals surface area contributed by atoms with Gasteiger partial charge in [-0.25, -0.2) is 13.8 Å². The van der Waals surface area contributed by atoms with Crippen LogP contribution in [0.15, 0.2) is 16.9 Å². The van der Waals surface area contributed by atoms with Crippen LogP contribution in [0.3, 0.4) is 0 Å². The molecule has 0 aliphatic carbocycles. The number of ether oxygens (including phenoxy) is 1. The molecule has 1 aromatic heterocycles. The van der Waals surface area contributed by atoms with Gasteiger partial charge in [-0.05, 0) is 28.5 Å². The van der Waals surface area contributed by atoms with Crippen LogP contribution in [0, 0.1) is 11.6 Å². The van der Waals surface area contributed by atoms with Crippen molar-refractivity contribution in [2.75, 3.05) is 13.7 Å². The van der Waals surface area contributed by atoms with E-state index in [9.17, 15) is 8.78 Å². The summed E-state index contributed by atoms with van der Waals surface area (Å²) in [7, 11) is 1.28. The number of nitrogens with two attached hydrogens (primary N) is 1. The molecule has 0 aliphatic heterocycles. The standard InChI is InChI=1S/C12H12BrF2N3O/c1-19-10-5-7(14)6(4-8(10)15)11-9(2-3-16)17-12(13)18-11/h4-5H,2-3,16H2,1H3,(H,17,18). The van der Waals surface area contributed by atoms with Crippen molar-refractivity contribution in [3.8, 4) is 17.0 Å². The minimum absolute atomic E-state index is 0.0729. The molecule has 0 saturated heterocycles. The zero-order valence-electron chi connectivity index (χ0n) is 10.1. The first-order valence-corrected chi connectivity index (χ1v) is 6.34. The van der Waals surface area contributed by atoms with Crippen LogP contribution in [-0.2, 0) is 6.42 Å². The summed E-state index contributed by atoms with van der Waals surface area (Å²) in [4.78, 5) is 7.04. The van der Waals surface area contributed by atoms with Gasteiger partial charge in [0, 0.05) is 23.7 Å². The zero-order valence-corrected chi connectivity index (χ0v) is 11.7. The highest BCUT2D eigenvalue weighted by Crippen LogP contribution is 2.30. The molecule has 19 heavy (non-hydrogen) atoms. The van der Waals surface area contributed by atoms with E-state index in [1.54, 1.807) is 0 Å². The summed E-state index contributed by atoms with van der Waals surface area (Å²) < 4.78 is 32.8. The quantitative estimate of drug-likeness (QED) is 0.905. The first kappa shape index (κ1) is 14.0. The molecule has 0 unspecified atom stereocenters. The summed E-state index contributed by atoms with van der Waals surface area (Å²) in [5, 5.41) is 0. The second-order valence-electron chi connectivity index (χ2n) is 3.86. The Labute approximate surface area is 117 Å². The van der Waals surface area contributed by atoms with Crippen LogP contribution in [0.25, 0.3) is 11.3 Å². The molecule has 102 valence electrons. The maximum absolute atomic E-state index is 14.0. The molecule has 0 amide bonds. The third-order valence-electron chi connectivity index (χ3n) is 2.64. The second kappa shape index (κ2) is 5.66. The number of hydrogen-bond donors (Lipinski definition) is 2. The highest BCUT2D eigenvalue weighted by Gasteiger charge is 2.18.